The van der Waals surface area contributed by atoms with E-state index >= 15 is 0 Å². The van der Waals surface area contributed by atoms with E-state index in [0.29, 0.717) is 12.4 Å². The monoisotopic (exact) mass is 298 g/mol. The lowest BCUT2D eigenvalue weighted by atomic mass is 10.1. The molecule has 0 atom stereocenters. The Bertz CT molecular complexity index is 770. The minimum Gasteiger partial charge on any atom is -0.338 e. The minimum atomic E-state index is -0.260. The summed E-state index contributed by atoms with van der Waals surface area (Å²) >= 11 is 1.60. The van der Waals surface area contributed by atoms with Crippen LogP contribution in [-0.4, -0.2) is 22.5 Å². The smallest absolute Gasteiger partial charge is 0.320 e. The number of pyridine rings is 2. The predicted molar refractivity (Wildman–Crippen MR) is 85.5 cm³/mol. The van der Waals surface area contributed by atoms with E-state index < -0.39 is 0 Å². The fraction of sp³-hybridized carbons (Fsp3) is 0.133. The third-order valence-corrected chi connectivity index (χ3v) is 3.64. The van der Waals surface area contributed by atoms with Crippen LogP contribution in [-0.2, 0) is 0 Å². The van der Waals surface area contributed by atoms with Gasteiger partial charge in [0.15, 0.2) is 0 Å². The molecule has 0 unspecified atom stereocenters. The second kappa shape index (κ2) is 5.88. The van der Waals surface area contributed by atoms with Gasteiger partial charge in [0.05, 0.1) is 11.2 Å². The normalized spacial score (nSPS) is 10.5. The molecule has 0 bridgehead atoms. The quantitative estimate of drug-likeness (QED) is 0.777. The van der Waals surface area contributed by atoms with Crippen molar-refractivity contribution in [3.8, 4) is 11.3 Å². The second-order valence-corrected chi connectivity index (χ2v) is 5.21. The molecule has 3 heterocycles. The zero-order chi connectivity index (χ0) is 14.7. The van der Waals surface area contributed by atoms with Gasteiger partial charge in [-0.15, -0.1) is 0 Å². The highest BCUT2D eigenvalue weighted by atomic mass is 32.1. The first-order chi connectivity index (χ1) is 10.3. The van der Waals surface area contributed by atoms with E-state index in [2.05, 4.69) is 20.6 Å². The van der Waals surface area contributed by atoms with Crippen LogP contribution in [0.4, 0.5) is 10.6 Å². The molecular formula is C15H14N4OS. The number of carbonyl (C=O) groups is 1. The first kappa shape index (κ1) is 13.5. The van der Waals surface area contributed by atoms with E-state index in [0.717, 1.165) is 22.2 Å². The van der Waals surface area contributed by atoms with Crippen molar-refractivity contribution in [3.63, 3.8) is 0 Å². The van der Waals surface area contributed by atoms with Gasteiger partial charge in [0.2, 0.25) is 0 Å². The molecule has 0 aliphatic rings. The summed E-state index contributed by atoms with van der Waals surface area (Å²) in [5, 5.41) is 10.4. The average Bonchev–Trinajstić information content (AvgIpc) is 3.00. The molecule has 3 aromatic rings. The van der Waals surface area contributed by atoms with Crippen molar-refractivity contribution in [2.45, 2.75) is 6.92 Å². The van der Waals surface area contributed by atoms with Crippen LogP contribution < -0.4 is 10.6 Å². The SMILES string of the molecule is CCNC(=O)Nc1cc2cccnc2c(-c2ccsc2)n1. The van der Waals surface area contributed by atoms with Crippen molar-refractivity contribution in [1.29, 1.82) is 0 Å². The molecule has 0 aliphatic carbocycles. The summed E-state index contributed by atoms with van der Waals surface area (Å²) in [4.78, 5) is 20.6. The van der Waals surface area contributed by atoms with Gasteiger partial charge in [-0.1, -0.05) is 6.07 Å². The number of fused-ring (bicyclic) bond motifs is 1. The van der Waals surface area contributed by atoms with Gasteiger partial charge in [-0.2, -0.15) is 11.3 Å². The number of hydrogen-bond acceptors (Lipinski definition) is 4. The first-order valence-electron chi connectivity index (χ1n) is 6.61. The molecule has 0 radical (unpaired) electrons. The maximum atomic E-state index is 11.7. The Morgan fingerprint density at radius 3 is 3.05 bits per heavy atom. The molecule has 0 saturated carbocycles. The summed E-state index contributed by atoms with van der Waals surface area (Å²) in [6.45, 7) is 2.44. The summed E-state index contributed by atoms with van der Waals surface area (Å²) in [6.07, 6.45) is 1.75. The van der Waals surface area contributed by atoms with Gasteiger partial charge in [0.1, 0.15) is 5.82 Å². The lowest BCUT2D eigenvalue weighted by Gasteiger charge is -2.09. The number of amides is 2. The first-order valence-corrected chi connectivity index (χ1v) is 7.55. The number of thiophene rings is 1. The van der Waals surface area contributed by atoms with Crippen LogP contribution in [0.5, 0.6) is 0 Å². The van der Waals surface area contributed by atoms with E-state index in [1.807, 2.05) is 41.9 Å². The lowest BCUT2D eigenvalue weighted by Crippen LogP contribution is -2.28. The number of anilines is 1. The highest BCUT2D eigenvalue weighted by Gasteiger charge is 2.11. The van der Waals surface area contributed by atoms with Gasteiger partial charge in [-0.25, -0.2) is 9.78 Å². The van der Waals surface area contributed by atoms with Crippen molar-refractivity contribution < 1.29 is 4.79 Å². The van der Waals surface area contributed by atoms with E-state index in [-0.39, 0.29) is 6.03 Å². The van der Waals surface area contributed by atoms with E-state index in [1.165, 1.54) is 0 Å². The Kier molecular flexibility index (Phi) is 3.79. The van der Waals surface area contributed by atoms with E-state index in [1.54, 1.807) is 17.5 Å². The van der Waals surface area contributed by atoms with Crippen LogP contribution in [0.1, 0.15) is 6.92 Å². The van der Waals surface area contributed by atoms with Gasteiger partial charge < -0.3 is 5.32 Å². The van der Waals surface area contributed by atoms with Gasteiger partial charge in [0.25, 0.3) is 0 Å². The van der Waals surface area contributed by atoms with Crippen molar-refractivity contribution in [3.05, 3.63) is 41.2 Å². The maximum absolute atomic E-state index is 11.7. The van der Waals surface area contributed by atoms with Crippen molar-refractivity contribution in [2.75, 3.05) is 11.9 Å². The Hall–Kier alpha value is -2.47. The summed E-state index contributed by atoms with van der Waals surface area (Å²) in [6, 6.07) is 7.40. The zero-order valence-corrected chi connectivity index (χ0v) is 12.3. The number of rotatable bonds is 3. The van der Waals surface area contributed by atoms with Crippen molar-refractivity contribution in [1.82, 2.24) is 15.3 Å². The molecule has 0 fully saturated rings. The minimum absolute atomic E-state index is 0.260. The van der Waals surface area contributed by atoms with Crippen LogP contribution in [0.25, 0.3) is 22.2 Å². The summed E-state index contributed by atoms with van der Waals surface area (Å²) < 4.78 is 0. The molecule has 3 rings (SSSR count). The number of hydrogen-bond donors (Lipinski definition) is 2. The molecule has 0 saturated heterocycles. The highest BCUT2D eigenvalue weighted by molar-refractivity contribution is 7.08. The Labute approximate surface area is 126 Å². The van der Waals surface area contributed by atoms with Crippen LogP contribution >= 0.6 is 11.3 Å². The summed E-state index contributed by atoms with van der Waals surface area (Å²) in [5.41, 5.74) is 2.61. The highest BCUT2D eigenvalue weighted by Crippen LogP contribution is 2.28. The van der Waals surface area contributed by atoms with Gasteiger partial charge in [-0.05, 0) is 30.5 Å². The maximum Gasteiger partial charge on any atom is 0.320 e. The fourth-order valence-corrected chi connectivity index (χ4v) is 2.71. The molecule has 2 amide bonds. The molecule has 21 heavy (non-hydrogen) atoms. The second-order valence-electron chi connectivity index (χ2n) is 4.43. The molecule has 5 nitrogen and oxygen atoms in total. The molecule has 0 aromatic carbocycles. The van der Waals surface area contributed by atoms with Gasteiger partial charge in [-0.3, -0.25) is 10.3 Å². The summed E-state index contributed by atoms with van der Waals surface area (Å²) in [5.74, 6) is 0.516. The zero-order valence-electron chi connectivity index (χ0n) is 11.5. The molecule has 0 spiro atoms. The number of nitrogens with one attached hydrogen (secondary N) is 2. The largest absolute Gasteiger partial charge is 0.338 e. The average molecular weight is 298 g/mol. The molecule has 2 N–H and O–H groups in total. The Morgan fingerprint density at radius 2 is 2.29 bits per heavy atom. The number of carbonyl (C=O) groups excluding carboxylic acids is 1. The fourth-order valence-electron chi connectivity index (χ4n) is 2.07. The molecule has 106 valence electrons. The predicted octanol–water partition coefficient (Wildman–Crippen LogP) is 3.50. The third kappa shape index (κ3) is 2.85. The Morgan fingerprint density at radius 1 is 1.38 bits per heavy atom. The van der Waals surface area contributed by atoms with Gasteiger partial charge >= 0.3 is 6.03 Å². The number of nitrogens with zero attached hydrogens (tertiary/aromatic N) is 2. The van der Waals surface area contributed by atoms with Crippen LogP contribution in [0.15, 0.2) is 41.2 Å². The van der Waals surface area contributed by atoms with Crippen LogP contribution in [0, 0.1) is 0 Å². The van der Waals surface area contributed by atoms with Crippen molar-refractivity contribution in [2.24, 2.45) is 0 Å². The molecule has 3 aromatic heterocycles. The van der Waals surface area contributed by atoms with Crippen molar-refractivity contribution >= 4 is 34.1 Å². The standard InChI is InChI=1S/C15H14N4OS/c1-2-16-15(20)19-12-8-10-4-3-6-17-13(10)14(18-12)11-5-7-21-9-11/h3-9H,2H2,1H3,(H2,16,18,19,20). The van der Waals surface area contributed by atoms with E-state index in [4.69, 9.17) is 0 Å². The molecule has 6 heteroatoms. The number of aromatic nitrogens is 2. The number of urea groups is 1. The van der Waals surface area contributed by atoms with Crippen LogP contribution in [0.3, 0.4) is 0 Å². The lowest BCUT2D eigenvalue weighted by molar-refractivity contribution is 0.252. The van der Waals surface area contributed by atoms with E-state index in [9.17, 15) is 4.79 Å². The molecular weight excluding hydrogens is 284 g/mol. The summed E-state index contributed by atoms with van der Waals surface area (Å²) in [7, 11) is 0. The topological polar surface area (TPSA) is 66.9 Å². The van der Waals surface area contributed by atoms with Gasteiger partial charge in [0, 0.05) is 29.1 Å². The van der Waals surface area contributed by atoms with Crippen LogP contribution in [0.2, 0.25) is 0 Å². The third-order valence-electron chi connectivity index (χ3n) is 2.96. The molecule has 0 aliphatic heterocycles. The Balaban J connectivity index is 2.09.